The molecule has 0 unspecified atom stereocenters. The van der Waals surface area contributed by atoms with E-state index in [1.807, 2.05) is 87.5 Å². The third-order valence-electron chi connectivity index (χ3n) is 3.79. The van der Waals surface area contributed by atoms with Gasteiger partial charge in [-0.1, -0.05) is 48.5 Å². The first kappa shape index (κ1) is 15.2. The van der Waals surface area contributed by atoms with E-state index in [0.29, 0.717) is 0 Å². The summed E-state index contributed by atoms with van der Waals surface area (Å²) in [5, 5.41) is 0. The number of ether oxygens (including phenoxy) is 2. The van der Waals surface area contributed by atoms with Crippen LogP contribution in [0.4, 0.5) is 0 Å². The second-order valence-corrected chi connectivity index (χ2v) is 5.64. The molecule has 2 nitrogen and oxygen atoms in total. The average molecular weight is 304 g/mol. The van der Waals surface area contributed by atoms with Gasteiger partial charge in [0.15, 0.2) is 11.5 Å². The molecule has 116 valence electrons. The van der Waals surface area contributed by atoms with E-state index < -0.39 is 0 Å². The molecule has 0 bridgehead atoms. The van der Waals surface area contributed by atoms with E-state index in [-0.39, 0.29) is 0 Å². The molecule has 2 heteroatoms. The zero-order valence-electron chi connectivity index (χ0n) is 13.7. The van der Waals surface area contributed by atoms with Gasteiger partial charge in [0, 0.05) is 0 Å². The van der Waals surface area contributed by atoms with Crippen LogP contribution >= 0.6 is 0 Å². The summed E-state index contributed by atoms with van der Waals surface area (Å²) >= 11 is 0. The summed E-state index contributed by atoms with van der Waals surface area (Å²) in [6.07, 6.45) is 0. The molecule has 23 heavy (non-hydrogen) atoms. The maximum absolute atomic E-state index is 6.16. The molecule has 0 N–H and O–H groups in total. The fourth-order valence-electron chi connectivity index (χ4n) is 2.41. The molecular formula is C21H20O2. The molecule has 0 atom stereocenters. The molecule has 3 aromatic rings. The first-order valence-corrected chi connectivity index (χ1v) is 7.72. The molecule has 0 amide bonds. The number of para-hydroxylation sites is 3. The predicted octanol–water partition coefficient (Wildman–Crippen LogP) is 6.20. The first-order chi connectivity index (χ1) is 11.1. The normalized spacial score (nSPS) is 10.4. The van der Waals surface area contributed by atoms with E-state index in [4.69, 9.17) is 9.47 Å². The standard InChI is InChI=1S/C21H20O2/c1-15-9-4-6-12-18(15)22-20-14-8-11-17(3)21(20)23-19-13-7-5-10-16(19)2/h4-14H,1-3H3. The molecule has 0 aliphatic carbocycles. The molecule has 0 radical (unpaired) electrons. The van der Waals surface area contributed by atoms with Crippen molar-refractivity contribution in [2.24, 2.45) is 0 Å². The minimum atomic E-state index is 0.725. The molecule has 0 saturated carbocycles. The van der Waals surface area contributed by atoms with Gasteiger partial charge in [-0.3, -0.25) is 0 Å². The summed E-state index contributed by atoms with van der Waals surface area (Å²) in [5.41, 5.74) is 3.23. The second-order valence-electron chi connectivity index (χ2n) is 5.64. The van der Waals surface area contributed by atoms with Crippen molar-refractivity contribution in [1.29, 1.82) is 0 Å². The monoisotopic (exact) mass is 304 g/mol. The quantitative estimate of drug-likeness (QED) is 0.571. The van der Waals surface area contributed by atoms with Crippen LogP contribution in [0.15, 0.2) is 66.7 Å². The Hall–Kier alpha value is -2.74. The number of benzene rings is 3. The van der Waals surface area contributed by atoms with E-state index in [9.17, 15) is 0 Å². The minimum absolute atomic E-state index is 0.725. The van der Waals surface area contributed by atoms with Crippen LogP contribution in [-0.4, -0.2) is 0 Å². The van der Waals surface area contributed by atoms with Gasteiger partial charge in [0.25, 0.3) is 0 Å². The Bertz CT molecular complexity index is 822. The van der Waals surface area contributed by atoms with Crippen LogP contribution in [0.25, 0.3) is 0 Å². The molecule has 0 aromatic heterocycles. The highest BCUT2D eigenvalue weighted by atomic mass is 16.5. The maximum atomic E-state index is 6.16. The number of hydrogen-bond acceptors (Lipinski definition) is 2. The lowest BCUT2D eigenvalue weighted by atomic mass is 10.2. The molecule has 0 aliphatic heterocycles. The van der Waals surface area contributed by atoms with Crippen molar-refractivity contribution in [1.82, 2.24) is 0 Å². The molecular weight excluding hydrogens is 284 g/mol. The van der Waals surface area contributed by atoms with Crippen molar-refractivity contribution in [2.75, 3.05) is 0 Å². The smallest absolute Gasteiger partial charge is 0.172 e. The van der Waals surface area contributed by atoms with Crippen LogP contribution < -0.4 is 9.47 Å². The number of aryl methyl sites for hydroxylation is 3. The van der Waals surface area contributed by atoms with Crippen LogP contribution in [0.1, 0.15) is 16.7 Å². The Balaban J connectivity index is 1.97. The summed E-state index contributed by atoms with van der Waals surface area (Å²) in [4.78, 5) is 0. The maximum Gasteiger partial charge on any atom is 0.172 e. The van der Waals surface area contributed by atoms with Gasteiger partial charge in [0.2, 0.25) is 0 Å². The summed E-state index contributed by atoms with van der Waals surface area (Å²) in [6, 6.07) is 21.9. The highest BCUT2D eigenvalue weighted by molar-refractivity contribution is 5.51. The lowest BCUT2D eigenvalue weighted by molar-refractivity contribution is 0.413. The molecule has 3 aromatic carbocycles. The van der Waals surface area contributed by atoms with Gasteiger partial charge in [-0.25, -0.2) is 0 Å². The van der Waals surface area contributed by atoms with E-state index >= 15 is 0 Å². The van der Waals surface area contributed by atoms with E-state index in [1.165, 1.54) is 0 Å². The topological polar surface area (TPSA) is 18.5 Å². The van der Waals surface area contributed by atoms with Crippen molar-refractivity contribution >= 4 is 0 Å². The Morgan fingerprint density at radius 3 is 1.57 bits per heavy atom. The van der Waals surface area contributed by atoms with E-state index in [0.717, 1.165) is 39.7 Å². The van der Waals surface area contributed by atoms with Gasteiger partial charge >= 0.3 is 0 Å². The van der Waals surface area contributed by atoms with Gasteiger partial charge in [-0.15, -0.1) is 0 Å². The summed E-state index contributed by atoms with van der Waals surface area (Å²) in [5.74, 6) is 3.16. The van der Waals surface area contributed by atoms with Crippen LogP contribution in [-0.2, 0) is 0 Å². The van der Waals surface area contributed by atoms with E-state index in [2.05, 4.69) is 0 Å². The SMILES string of the molecule is Cc1ccccc1Oc1cccc(C)c1Oc1ccccc1C. The van der Waals surface area contributed by atoms with Crippen molar-refractivity contribution in [3.8, 4) is 23.0 Å². The fraction of sp³-hybridized carbons (Fsp3) is 0.143. The Morgan fingerprint density at radius 2 is 0.957 bits per heavy atom. The Kier molecular flexibility index (Phi) is 4.33. The van der Waals surface area contributed by atoms with Gasteiger partial charge < -0.3 is 9.47 Å². The zero-order valence-corrected chi connectivity index (χ0v) is 13.7. The number of hydrogen-bond donors (Lipinski definition) is 0. The first-order valence-electron chi connectivity index (χ1n) is 7.72. The van der Waals surface area contributed by atoms with Crippen LogP contribution in [0.2, 0.25) is 0 Å². The Morgan fingerprint density at radius 1 is 0.478 bits per heavy atom. The molecule has 0 fully saturated rings. The van der Waals surface area contributed by atoms with Gasteiger partial charge in [-0.05, 0) is 55.7 Å². The van der Waals surface area contributed by atoms with Crippen molar-refractivity contribution in [3.63, 3.8) is 0 Å². The van der Waals surface area contributed by atoms with Crippen LogP contribution in [0.5, 0.6) is 23.0 Å². The highest BCUT2D eigenvalue weighted by Crippen LogP contribution is 2.38. The van der Waals surface area contributed by atoms with Crippen molar-refractivity contribution < 1.29 is 9.47 Å². The lowest BCUT2D eigenvalue weighted by Gasteiger charge is -2.16. The third kappa shape index (κ3) is 3.37. The van der Waals surface area contributed by atoms with Gasteiger partial charge in [-0.2, -0.15) is 0 Å². The lowest BCUT2D eigenvalue weighted by Crippen LogP contribution is -1.95. The molecule has 0 spiro atoms. The largest absolute Gasteiger partial charge is 0.453 e. The predicted molar refractivity (Wildman–Crippen MR) is 93.7 cm³/mol. The Labute approximate surface area is 137 Å². The summed E-state index contributed by atoms with van der Waals surface area (Å²) in [6.45, 7) is 6.10. The zero-order chi connectivity index (χ0) is 16.2. The number of rotatable bonds is 4. The molecule has 3 rings (SSSR count). The summed E-state index contributed by atoms with van der Waals surface area (Å²) < 4.78 is 12.3. The minimum Gasteiger partial charge on any atom is -0.453 e. The molecule has 0 saturated heterocycles. The van der Waals surface area contributed by atoms with Crippen LogP contribution in [0, 0.1) is 20.8 Å². The fourth-order valence-corrected chi connectivity index (χ4v) is 2.41. The average Bonchev–Trinajstić information content (AvgIpc) is 2.54. The van der Waals surface area contributed by atoms with E-state index in [1.54, 1.807) is 0 Å². The van der Waals surface area contributed by atoms with Crippen molar-refractivity contribution in [2.45, 2.75) is 20.8 Å². The molecule has 0 heterocycles. The van der Waals surface area contributed by atoms with Crippen molar-refractivity contribution in [3.05, 3.63) is 83.4 Å². The van der Waals surface area contributed by atoms with Crippen LogP contribution in [0.3, 0.4) is 0 Å². The molecule has 0 aliphatic rings. The highest BCUT2D eigenvalue weighted by Gasteiger charge is 2.12. The van der Waals surface area contributed by atoms with Gasteiger partial charge in [0.05, 0.1) is 0 Å². The van der Waals surface area contributed by atoms with Gasteiger partial charge in [0.1, 0.15) is 11.5 Å². The second kappa shape index (κ2) is 6.57. The summed E-state index contributed by atoms with van der Waals surface area (Å²) in [7, 11) is 0. The third-order valence-corrected chi connectivity index (χ3v) is 3.79.